The van der Waals surface area contributed by atoms with Crippen LogP contribution in [-0.2, 0) is 11.3 Å². The number of aliphatic imine (C=N–C) groups is 1. The second kappa shape index (κ2) is 10.3. The number of imide groups is 1. The van der Waals surface area contributed by atoms with Gasteiger partial charge >= 0.3 is 6.03 Å². The highest BCUT2D eigenvalue weighted by atomic mass is 32.2. The summed E-state index contributed by atoms with van der Waals surface area (Å²) in [7, 11) is 3.27. The number of guanidine groups is 1. The molecule has 0 radical (unpaired) electrons. The van der Waals surface area contributed by atoms with Crippen LogP contribution in [0, 0.1) is 0 Å². The first-order valence-electron chi connectivity index (χ1n) is 12.9. The highest BCUT2D eigenvalue weighted by molar-refractivity contribution is 7.99. The first-order valence-corrected chi connectivity index (χ1v) is 13.9. The molecule has 198 valence electrons. The Morgan fingerprint density at radius 3 is 2.47 bits per heavy atom. The van der Waals surface area contributed by atoms with Gasteiger partial charge in [0.05, 0.1) is 0 Å². The molecule has 3 aliphatic rings. The van der Waals surface area contributed by atoms with E-state index in [0.29, 0.717) is 17.5 Å². The minimum Gasteiger partial charge on any atom is -0.431 e. The molecule has 38 heavy (non-hydrogen) atoms. The van der Waals surface area contributed by atoms with Crippen LogP contribution in [0.2, 0.25) is 0 Å². The standard InChI is InChI=1S/C27H31N7O3S/c1-30-23-22(24(35)31(2)27(30)36)34(16-17-38-26-28-20-10-6-7-11-21(20)37-26)25(29-23)33-14-12-32(13-15-33)18-19-8-4-3-5-9-19/h3-11,22-23H,12-18H2,1-2H3. The molecule has 3 aliphatic heterocycles. The molecule has 2 fully saturated rings. The summed E-state index contributed by atoms with van der Waals surface area (Å²) in [5, 5.41) is 0.606. The van der Waals surface area contributed by atoms with Crippen molar-refractivity contribution in [1.29, 1.82) is 0 Å². The van der Waals surface area contributed by atoms with E-state index >= 15 is 0 Å². The zero-order chi connectivity index (χ0) is 26.2. The normalized spacial score (nSPS) is 22.4. The molecule has 3 aromatic rings. The van der Waals surface area contributed by atoms with Crippen molar-refractivity contribution in [2.45, 2.75) is 24.0 Å². The summed E-state index contributed by atoms with van der Waals surface area (Å²) in [5.74, 6) is 1.24. The summed E-state index contributed by atoms with van der Waals surface area (Å²) in [6.45, 7) is 4.91. The molecule has 6 rings (SSSR count). The van der Waals surface area contributed by atoms with Gasteiger partial charge in [-0.25, -0.2) is 14.8 Å². The summed E-state index contributed by atoms with van der Waals surface area (Å²) in [6, 6.07) is 17.3. The second-order valence-corrected chi connectivity index (χ2v) is 10.9. The highest BCUT2D eigenvalue weighted by Gasteiger charge is 2.52. The fourth-order valence-corrected chi connectivity index (χ4v) is 6.12. The SMILES string of the molecule is CN1C(=O)C2C(N=C(N3CCN(Cc4ccccc4)CC3)N2CCSc2nc3ccccc3o2)N(C)C1=O. The van der Waals surface area contributed by atoms with Gasteiger partial charge in [-0.3, -0.25) is 14.6 Å². The lowest BCUT2D eigenvalue weighted by Gasteiger charge is -2.42. The number of carbonyl (C=O) groups excluding carboxylic acids is 2. The zero-order valence-corrected chi connectivity index (χ0v) is 22.4. The van der Waals surface area contributed by atoms with Crippen molar-refractivity contribution in [3.8, 4) is 0 Å². The number of rotatable bonds is 6. The number of piperazine rings is 1. The molecule has 4 heterocycles. The number of nitrogens with zero attached hydrogens (tertiary/aromatic N) is 7. The van der Waals surface area contributed by atoms with E-state index in [0.717, 1.165) is 49.8 Å². The fourth-order valence-electron chi connectivity index (χ4n) is 5.34. The van der Waals surface area contributed by atoms with E-state index in [9.17, 15) is 9.59 Å². The molecule has 3 amide bonds. The molecule has 2 atom stereocenters. The number of amides is 3. The van der Waals surface area contributed by atoms with E-state index in [4.69, 9.17) is 9.41 Å². The summed E-state index contributed by atoms with van der Waals surface area (Å²) in [5.41, 5.74) is 2.89. The average Bonchev–Trinajstić information content (AvgIpc) is 3.53. The third-order valence-corrected chi connectivity index (χ3v) is 8.24. The Bertz CT molecular complexity index is 1320. The molecule has 0 spiro atoms. The zero-order valence-electron chi connectivity index (χ0n) is 21.6. The van der Waals surface area contributed by atoms with Gasteiger partial charge in [-0.15, -0.1) is 0 Å². The predicted molar refractivity (Wildman–Crippen MR) is 146 cm³/mol. The number of likely N-dealkylation sites (N-methyl/N-ethyl adjacent to an activating group) is 2. The second-order valence-electron chi connectivity index (χ2n) is 9.82. The fraction of sp³-hybridized carbons (Fsp3) is 0.407. The number of thioether (sulfide) groups is 1. The first-order chi connectivity index (χ1) is 18.5. The van der Waals surface area contributed by atoms with Crippen LogP contribution in [0.4, 0.5) is 4.79 Å². The molecule has 10 nitrogen and oxygen atoms in total. The maximum absolute atomic E-state index is 13.3. The third kappa shape index (κ3) is 4.60. The smallest absolute Gasteiger partial charge is 0.328 e. The number of urea groups is 1. The lowest BCUT2D eigenvalue weighted by Crippen LogP contribution is -2.65. The van der Waals surface area contributed by atoms with Gasteiger partial charge < -0.3 is 19.1 Å². The number of aromatic nitrogens is 1. The van der Waals surface area contributed by atoms with Gasteiger partial charge in [0.1, 0.15) is 5.52 Å². The van der Waals surface area contributed by atoms with Crippen LogP contribution in [0.3, 0.4) is 0 Å². The maximum Gasteiger partial charge on any atom is 0.328 e. The lowest BCUT2D eigenvalue weighted by atomic mass is 10.1. The minimum absolute atomic E-state index is 0.216. The highest BCUT2D eigenvalue weighted by Crippen LogP contribution is 2.30. The monoisotopic (exact) mass is 533 g/mol. The van der Waals surface area contributed by atoms with Crippen LogP contribution >= 0.6 is 11.8 Å². The van der Waals surface area contributed by atoms with Crippen LogP contribution in [0.25, 0.3) is 11.1 Å². The Morgan fingerprint density at radius 2 is 1.71 bits per heavy atom. The van der Waals surface area contributed by atoms with Crippen LogP contribution in [0.15, 0.2) is 69.2 Å². The average molecular weight is 534 g/mol. The molecular formula is C27H31N7O3S. The van der Waals surface area contributed by atoms with Crippen molar-refractivity contribution < 1.29 is 14.0 Å². The number of hydrogen-bond acceptors (Lipinski definition) is 9. The Kier molecular flexibility index (Phi) is 6.71. The molecule has 2 saturated heterocycles. The van der Waals surface area contributed by atoms with Gasteiger partial charge in [0.15, 0.2) is 23.8 Å². The summed E-state index contributed by atoms with van der Waals surface area (Å²) < 4.78 is 5.87. The van der Waals surface area contributed by atoms with Gasteiger partial charge in [-0.05, 0) is 17.7 Å². The van der Waals surface area contributed by atoms with Gasteiger partial charge in [0.25, 0.3) is 11.1 Å². The topological polar surface area (TPSA) is 88.7 Å². The van der Waals surface area contributed by atoms with E-state index in [1.165, 1.54) is 22.2 Å². The van der Waals surface area contributed by atoms with Gasteiger partial charge in [-0.1, -0.05) is 54.2 Å². The van der Waals surface area contributed by atoms with E-state index < -0.39 is 12.2 Å². The molecule has 11 heteroatoms. The molecular weight excluding hydrogens is 502 g/mol. The number of fused-ring (bicyclic) bond motifs is 2. The third-order valence-electron chi connectivity index (χ3n) is 7.43. The molecule has 0 aliphatic carbocycles. The van der Waals surface area contributed by atoms with Crippen molar-refractivity contribution in [3.05, 3.63) is 60.2 Å². The van der Waals surface area contributed by atoms with Crippen molar-refractivity contribution in [3.63, 3.8) is 0 Å². The van der Waals surface area contributed by atoms with E-state index in [1.54, 1.807) is 19.0 Å². The van der Waals surface area contributed by atoms with E-state index in [2.05, 4.69) is 43.9 Å². The Balaban J connectivity index is 1.17. The van der Waals surface area contributed by atoms with Crippen LogP contribution < -0.4 is 0 Å². The van der Waals surface area contributed by atoms with E-state index in [-0.39, 0.29) is 11.9 Å². The predicted octanol–water partition coefficient (Wildman–Crippen LogP) is 2.63. The molecule has 2 aromatic carbocycles. The molecule has 0 bridgehead atoms. The largest absolute Gasteiger partial charge is 0.431 e. The lowest BCUT2D eigenvalue weighted by molar-refractivity contribution is -0.136. The molecule has 0 saturated carbocycles. The van der Waals surface area contributed by atoms with Crippen molar-refractivity contribution in [2.75, 3.05) is 52.6 Å². The summed E-state index contributed by atoms with van der Waals surface area (Å²) in [4.78, 5) is 45.1. The Hall–Kier alpha value is -3.57. The Morgan fingerprint density at radius 1 is 0.974 bits per heavy atom. The summed E-state index contributed by atoms with van der Waals surface area (Å²) >= 11 is 1.52. The Labute approximate surface area is 225 Å². The molecule has 1 aromatic heterocycles. The van der Waals surface area contributed by atoms with Gasteiger partial charge in [0, 0.05) is 59.1 Å². The van der Waals surface area contributed by atoms with Crippen molar-refractivity contribution in [2.24, 2.45) is 4.99 Å². The minimum atomic E-state index is -0.538. The van der Waals surface area contributed by atoms with E-state index in [1.807, 2.05) is 30.3 Å². The van der Waals surface area contributed by atoms with Crippen LogP contribution in [0.1, 0.15) is 5.56 Å². The quantitative estimate of drug-likeness (QED) is 0.447. The summed E-state index contributed by atoms with van der Waals surface area (Å²) in [6.07, 6.45) is -0.530. The van der Waals surface area contributed by atoms with Crippen LogP contribution in [-0.4, -0.2) is 112 Å². The van der Waals surface area contributed by atoms with Crippen molar-refractivity contribution >= 4 is 40.8 Å². The van der Waals surface area contributed by atoms with Crippen LogP contribution in [0.5, 0.6) is 0 Å². The number of para-hydroxylation sites is 2. The van der Waals surface area contributed by atoms with Gasteiger partial charge in [-0.2, -0.15) is 0 Å². The number of hydrogen-bond donors (Lipinski definition) is 0. The first kappa shape index (κ1) is 24.7. The number of benzene rings is 2. The maximum atomic E-state index is 13.3. The molecule has 2 unspecified atom stereocenters. The number of oxazole rings is 1. The van der Waals surface area contributed by atoms with Crippen molar-refractivity contribution in [1.82, 2.24) is 29.5 Å². The number of carbonyl (C=O) groups is 2. The van der Waals surface area contributed by atoms with Gasteiger partial charge in [0.2, 0.25) is 0 Å². The molecule has 0 N–H and O–H groups in total.